The molecule has 2 aromatic rings. The van der Waals surface area contributed by atoms with Gasteiger partial charge >= 0.3 is 0 Å². The van der Waals surface area contributed by atoms with Gasteiger partial charge in [-0.25, -0.2) is 0 Å². The van der Waals surface area contributed by atoms with E-state index in [0.29, 0.717) is 12.0 Å². The summed E-state index contributed by atoms with van der Waals surface area (Å²) in [4.78, 5) is 0. The normalized spacial score (nSPS) is 12.8. The second kappa shape index (κ2) is 7.62. The highest BCUT2D eigenvalue weighted by Crippen LogP contribution is 2.23. The predicted molar refractivity (Wildman–Crippen MR) is 88.9 cm³/mol. The van der Waals surface area contributed by atoms with Gasteiger partial charge in [-0.3, -0.25) is 4.68 Å². The summed E-state index contributed by atoms with van der Waals surface area (Å²) >= 11 is 6.00. The number of nitrogens with zero attached hydrogens (tertiary/aromatic N) is 2. The Morgan fingerprint density at radius 1 is 1.19 bits per heavy atom. The Balaban J connectivity index is 2.04. The van der Waals surface area contributed by atoms with Gasteiger partial charge in [0, 0.05) is 36.5 Å². The van der Waals surface area contributed by atoms with Crippen LogP contribution in [-0.4, -0.2) is 22.4 Å². The van der Waals surface area contributed by atoms with Crippen molar-refractivity contribution in [1.82, 2.24) is 15.1 Å². The molecule has 3 nitrogen and oxygen atoms in total. The van der Waals surface area contributed by atoms with Gasteiger partial charge in [-0.05, 0) is 42.5 Å². The molecule has 0 radical (unpaired) electrons. The molecule has 0 saturated heterocycles. The van der Waals surface area contributed by atoms with Crippen molar-refractivity contribution in [3.63, 3.8) is 0 Å². The highest BCUT2D eigenvalue weighted by Gasteiger charge is 2.13. The number of halogens is 1. The van der Waals surface area contributed by atoms with Crippen LogP contribution in [0, 0.1) is 0 Å². The first kappa shape index (κ1) is 16.1. The third kappa shape index (κ3) is 4.87. The molecule has 1 unspecified atom stereocenters. The third-order valence-electron chi connectivity index (χ3n) is 3.79. The molecule has 0 saturated carbocycles. The van der Waals surface area contributed by atoms with Crippen molar-refractivity contribution in [3.8, 4) is 0 Å². The van der Waals surface area contributed by atoms with E-state index in [-0.39, 0.29) is 0 Å². The first-order valence-corrected chi connectivity index (χ1v) is 7.89. The van der Waals surface area contributed by atoms with Crippen LogP contribution in [0.2, 0.25) is 5.02 Å². The van der Waals surface area contributed by atoms with E-state index in [1.807, 2.05) is 30.1 Å². The molecule has 0 bridgehead atoms. The molecule has 4 heteroatoms. The van der Waals surface area contributed by atoms with Crippen molar-refractivity contribution < 1.29 is 0 Å². The third-order valence-corrected chi connectivity index (χ3v) is 4.04. The molecular formula is C17H24ClN3. The number of benzene rings is 1. The van der Waals surface area contributed by atoms with E-state index in [1.54, 1.807) is 0 Å². The van der Waals surface area contributed by atoms with Gasteiger partial charge in [0.2, 0.25) is 0 Å². The zero-order chi connectivity index (χ0) is 15.2. The number of hydrogen-bond donors (Lipinski definition) is 1. The summed E-state index contributed by atoms with van der Waals surface area (Å²) in [5.74, 6) is 0.486. The van der Waals surface area contributed by atoms with Crippen molar-refractivity contribution in [2.45, 2.75) is 38.6 Å². The monoisotopic (exact) mass is 305 g/mol. The molecule has 1 heterocycles. The Morgan fingerprint density at radius 2 is 1.90 bits per heavy atom. The molecule has 1 aromatic heterocycles. The van der Waals surface area contributed by atoms with Crippen LogP contribution >= 0.6 is 11.6 Å². The van der Waals surface area contributed by atoms with Gasteiger partial charge in [-0.2, -0.15) is 5.10 Å². The number of rotatable bonds is 7. The molecule has 0 aliphatic carbocycles. The summed E-state index contributed by atoms with van der Waals surface area (Å²) in [7, 11) is 2.00. The van der Waals surface area contributed by atoms with Crippen LogP contribution in [0.15, 0.2) is 36.5 Å². The van der Waals surface area contributed by atoms with Gasteiger partial charge < -0.3 is 5.32 Å². The second-order valence-corrected chi connectivity index (χ2v) is 6.23. The Hall–Kier alpha value is -1.32. The maximum atomic E-state index is 6.00. The minimum Gasteiger partial charge on any atom is -0.314 e. The zero-order valence-electron chi connectivity index (χ0n) is 13.0. The average Bonchev–Trinajstić information content (AvgIpc) is 2.85. The Kier molecular flexibility index (Phi) is 5.83. The van der Waals surface area contributed by atoms with E-state index in [9.17, 15) is 0 Å². The molecule has 21 heavy (non-hydrogen) atoms. The first-order chi connectivity index (χ1) is 10.1. The Labute approximate surface area is 132 Å². The van der Waals surface area contributed by atoms with E-state index in [2.05, 4.69) is 42.5 Å². The van der Waals surface area contributed by atoms with Gasteiger partial charge in [-0.15, -0.1) is 0 Å². The van der Waals surface area contributed by atoms with Crippen LogP contribution in [0.25, 0.3) is 0 Å². The minimum atomic E-state index is 0.486. The van der Waals surface area contributed by atoms with Crippen LogP contribution in [0.1, 0.15) is 37.4 Å². The van der Waals surface area contributed by atoms with Crippen molar-refractivity contribution in [2.24, 2.45) is 7.05 Å². The predicted octanol–water partition coefficient (Wildman–Crippen LogP) is 3.79. The molecule has 0 aliphatic rings. The summed E-state index contributed by atoms with van der Waals surface area (Å²) in [6.07, 6.45) is 3.99. The van der Waals surface area contributed by atoms with Gasteiger partial charge in [-0.1, -0.05) is 37.6 Å². The van der Waals surface area contributed by atoms with Gasteiger partial charge in [0.15, 0.2) is 0 Å². The smallest absolute Gasteiger partial charge is 0.0492 e. The highest BCUT2D eigenvalue weighted by atomic mass is 35.5. The quantitative estimate of drug-likeness (QED) is 0.843. The fourth-order valence-electron chi connectivity index (χ4n) is 2.47. The minimum absolute atomic E-state index is 0.486. The average molecular weight is 306 g/mol. The fourth-order valence-corrected chi connectivity index (χ4v) is 2.59. The van der Waals surface area contributed by atoms with E-state index in [1.165, 1.54) is 11.3 Å². The SMILES string of the molecule is CC(C)NCC(CCc1ccnn1C)c1ccc(Cl)cc1. The Morgan fingerprint density at radius 3 is 2.48 bits per heavy atom. The summed E-state index contributed by atoms with van der Waals surface area (Å²) in [6, 6.07) is 10.8. The molecule has 0 spiro atoms. The van der Waals surface area contributed by atoms with Crippen molar-refractivity contribution in [2.75, 3.05) is 6.54 Å². The lowest BCUT2D eigenvalue weighted by Gasteiger charge is -2.20. The lowest BCUT2D eigenvalue weighted by molar-refractivity contribution is 0.503. The number of hydrogen-bond acceptors (Lipinski definition) is 2. The van der Waals surface area contributed by atoms with Crippen LogP contribution < -0.4 is 5.32 Å². The summed E-state index contributed by atoms with van der Waals surface area (Å²) < 4.78 is 1.95. The van der Waals surface area contributed by atoms with Gasteiger partial charge in [0.25, 0.3) is 0 Å². The topological polar surface area (TPSA) is 29.9 Å². The largest absolute Gasteiger partial charge is 0.314 e. The van der Waals surface area contributed by atoms with Crippen LogP contribution in [-0.2, 0) is 13.5 Å². The van der Waals surface area contributed by atoms with E-state index in [0.717, 1.165) is 24.4 Å². The zero-order valence-corrected chi connectivity index (χ0v) is 13.8. The van der Waals surface area contributed by atoms with E-state index in [4.69, 9.17) is 11.6 Å². The van der Waals surface area contributed by atoms with E-state index >= 15 is 0 Å². The first-order valence-electron chi connectivity index (χ1n) is 7.52. The molecule has 1 N–H and O–H groups in total. The molecule has 2 rings (SSSR count). The fraction of sp³-hybridized carbons (Fsp3) is 0.471. The van der Waals surface area contributed by atoms with E-state index < -0.39 is 0 Å². The number of aryl methyl sites for hydroxylation is 2. The summed E-state index contributed by atoms with van der Waals surface area (Å²) in [5, 5.41) is 8.58. The standard InChI is InChI=1S/C17H24ClN3/c1-13(2)19-12-15(14-4-7-16(18)8-5-14)6-9-17-10-11-20-21(17)3/h4-5,7-8,10-11,13,15,19H,6,9,12H2,1-3H3. The molecule has 114 valence electrons. The summed E-state index contributed by atoms with van der Waals surface area (Å²) in [6.45, 7) is 5.34. The van der Waals surface area contributed by atoms with Crippen molar-refractivity contribution in [3.05, 3.63) is 52.8 Å². The molecule has 0 aliphatic heterocycles. The number of nitrogens with one attached hydrogen (secondary N) is 1. The second-order valence-electron chi connectivity index (χ2n) is 5.80. The van der Waals surface area contributed by atoms with Crippen LogP contribution in [0.4, 0.5) is 0 Å². The molecule has 0 fully saturated rings. The molecular weight excluding hydrogens is 282 g/mol. The highest BCUT2D eigenvalue weighted by molar-refractivity contribution is 6.30. The van der Waals surface area contributed by atoms with Crippen LogP contribution in [0.5, 0.6) is 0 Å². The van der Waals surface area contributed by atoms with Gasteiger partial charge in [0.1, 0.15) is 0 Å². The Bertz CT molecular complexity index is 545. The number of aromatic nitrogens is 2. The molecule has 1 atom stereocenters. The summed E-state index contributed by atoms with van der Waals surface area (Å²) in [5.41, 5.74) is 2.62. The molecule has 0 amide bonds. The maximum absolute atomic E-state index is 6.00. The lowest BCUT2D eigenvalue weighted by atomic mass is 9.93. The lowest BCUT2D eigenvalue weighted by Crippen LogP contribution is -2.28. The van der Waals surface area contributed by atoms with Crippen molar-refractivity contribution in [1.29, 1.82) is 0 Å². The van der Waals surface area contributed by atoms with Gasteiger partial charge in [0.05, 0.1) is 0 Å². The van der Waals surface area contributed by atoms with Crippen LogP contribution in [0.3, 0.4) is 0 Å². The maximum Gasteiger partial charge on any atom is 0.0492 e. The molecule has 1 aromatic carbocycles. The van der Waals surface area contributed by atoms with Crippen molar-refractivity contribution >= 4 is 11.6 Å².